The van der Waals surface area contributed by atoms with E-state index in [0.717, 1.165) is 31.6 Å². The molecule has 3 aliphatic carbocycles. The Morgan fingerprint density at radius 3 is 2.71 bits per heavy atom. The lowest BCUT2D eigenvalue weighted by Crippen LogP contribution is -2.23. The number of carbonyl (C=O) groups is 1. The molecule has 180 valence electrons. The monoisotopic (exact) mass is 455 g/mol. The Labute approximate surface area is 206 Å². The molecule has 1 aliphatic heterocycles. The molecule has 2 heteroatoms. The zero-order chi connectivity index (χ0) is 23.2. The first-order chi connectivity index (χ1) is 16.8. The van der Waals surface area contributed by atoms with Gasteiger partial charge in [0.15, 0.2) is 0 Å². The average molecular weight is 456 g/mol. The van der Waals surface area contributed by atoms with Gasteiger partial charge in [0, 0.05) is 25.0 Å². The van der Waals surface area contributed by atoms with E-state index in [1.807, 2.05) is 6.20 Å². The highest BCUT2D eigenvalue weighted by Gasteiger charge is 2.30. The Morgan fingerprint density at radius 2 is 1.79 bits per heavy atom. The third-order valence-corrected chi connectivity index (χ3v) is 8.67. The number of rotatable bonds is 8. The first-order valence-corrected chi connectivity index (χ1v) is 14.0. The van der Waals surface area contributed by atoms with E-state index in [1.165, 1.54) is 86.6 Å². The van der Waals surface area contributed by atoms with Crippen molar-refractivity contribution in [1.29, 1.82) is 0 Å². The molecule has 2 fully saturated rings. The molecule has 0 aromatic heterocycles. The summed E-state index contributed by atoms with van der Waals surface area (Å²) in [4.78, 5) is 17.6. The van der Waals surface area contributed by atoms with Crippen molar-refractivity contribution < 1.29 is 4.79 Å². The zero-order valence-corrected chi connectivity index (χ0v) is 20.8. The minimum absolute atomic E-state index is 0.418. The molecular formula is C32H41NO. The van der Waals surface area contributed by atoms with Gasteiger partial charge in [-0.25, -0.2) is 0 Å². The third kappa shape index (κ3) is 5.88. The first-order valence-electron chi connectivity index (χ1n) is 14.0. The number of allylic oxidation sites excluding steroid dienone is 5. The van der Waals surface area contributed by atoms with Crippen LogP contribution >= 0.6 is 0 Å². The highest BCUT2D eigenvalue weighted by molar-refractivity contribution is 6.06. The molecule has 0 N–H and O–H groups in total. The summed E-state index contributed by atoms with van der Waals surface area (Å²) in [6.45, 7) is 0. The molecule has 0 amide bonds. The second kappa shape index (κ2) is 11.5. The van der Waals surface area contributed by atoms with Gasteiger partial charge in [0.2, 0.25) is 0 Å². The number of ketones is 1. The first kappa shape index (κ1) is 23.5. The third-order valence-electron chi connectivity index (χ3n) is 8.67. The summed E-state index contributed by atoms with van der Waals surface area (Å²) in [7, 11) is 0. The van der Waals surface area contributed by atoms with Gasteiger partial charge in [0.05, 0.1) is 5.71 Å². The van der Waals surface area contributed by atoms with Gasteiger partial charge in [-0.05, 0) is 67.1 Å². The van der Waals surface area contributed by atoms with Gasteiger partial charge in [0.1, 0.15) is 5.78 Å². The molecule has 1 aromatic carbocycles. The molecule has 2 atom stereocenters. The van der Waals surface area contributed by atoms with Crippen LogP contribution < -0.4 is 0 Å². The van der Waals surface area contributed by atoms with E-state index < -0.39 is 0 Å². The molecule has 34 heavy (non-hydrogen) atoms. The van der Waals surface area contributed by atoms with Gasteiger partial charge in [0.25, 0.3) is 0 Å². The molecule has 0 bridgehead atoms. The Bertz CT molecular complexity index is 988. The summed E-state index contributed by atoms with van der Waals surface area (Å²) in [5.41, 5.74) is 6.92. The highest BCUT2D eigenvalue weighted by atomic mass is 16.1. The highest BCUT2D eigenvalue weighted by Crippen LogP contribution is 2.40. The van der Waals surface area contributed by atoms with E-state index in [1.54, 1.807) is 5.57 Å². The summed E-state index contributed by atoms with van der Waals surface area (Å²) in [5, 5.41) is 0. The van der Waals surface area contributed by atoms with Crippen LogP contribution in [0, 0.1) is 11.8 Å². The Hall–Kier alpha value is -2.22. The Morgan fingerprint density at radius 1 is 0.941 bits per heavy atom. The van der Waals surface area contributed by atoms with E-state index in [9.17, 15) is 4.79 Å². The standard InChI is InChI=1S/C32H41NO/c34-30(18-5-11-24-9-2-1-3-10-24)22-25-12-4-14-27(21-25)28-15-6-16-29(23-28)32-31-19-7-13-26(31)17-8-20-33-32/h4,7-8,12,14,19-21,24,28-29H,1-3,5-6,9-11,13,15-18,22-23H2. The van der Waals surface area contributed by atoms with Crippen LogP contribution in [-0.4, -0.2) is 11.5 Å². The van der Waals surface area contributed by atoms with Crippen LogP contribution in [0.3, 0.4) is 0 Å². The molecule has 2 nitrogen and oxygen atoms in total. The van der Waals surface area contributed by atoms with Crippen LogP contribution in [-0.2, 0) is 11.2 Å². The molecule has 2 saturated carbocycles. The predicted octanol–water partition coefficient (Wildman–Crippen LogP) is 8.44. The lowest BCUT2D eigenvalue weighted by atomic mass is 9.74. The SMILES string of the molecule is O=C(CCCC1CCCCC1)Cc1cccc(C2CCCC(C3=NC=CCC4=C3C=CC4)C2)c1. The van der Waals surface area contributed by atoms with Gasteiger partial charge in [-0.1, -0.05) is 93.0 Å². The van der Waals surface area contributed by atoms with Crippen LogP contribution in [0.15, 0.2) is 64.8 Å². The average Bonchev–Trinajstić information content (AvgIpc) is 3.24. The quantitative estimate of drug-likeness (QED) is 0.387. The van der Waals surface area contributed by atoms with Crippen molar-refractivity contribution in [1.82, 2.24) is 0 Å². The molecule has 0 spiro atoms. The van der Waals surface area contributed by atoms with E-state index >= 15 is 0 Å². The van der Waals surface area contributed by atoms with Crippen molar-refractivity contribution in [3.63, 3.8) is 0 Å². The number of carbonyl (C=O) groups excluding carboxylic acids is 1. The fourth-order valence-corrected chi connectivity index (χ4v) is 6.81. The summed E-state index contributed by atoms with van der Waals surface area (Å²) >= 11 is 0. The van der Waals surface area contributed by atoms with Gasteiger partial charge in [-0.3, -0.25) is 9.79 Å². The van der Waals surface area contributed by atoms with Crippen LogP contribution in [0.4, 0.5) is 0 Å². The maximum Gasteiger partial charge on any atom is 0.137 e. The number of benzene rings is 1. The minimum Gasteiger partial charge on any atom is -0.299 e. The lowest BCUT2D eigenvalue weighted by Gasteiger charge is -2.31. The molecular weight excluding hydrogens is 414 g/mol. The van der Waals surface area contributed by atoms with Gasteiger partial charge in [-0.2, -0.15) is 0 Å². The maximum absolute atomic E-state index is 12.7. The van der Waals surface area contributed by atoms with Crippen molar-refractivity contribution >= 4 is 11.5 Å². The van der Waals surface area contributed by atoms with E-state index in [0.29, 0.717) is 24.0 Å². The molecule has 4 aliphatic rings. The second-order valence-corrected chi connectivity index (χ2v) is 11.1. The maximum atomic E-state index is 12.7. The minimum atomic E-state index is 0.418. The largest absolute Gasteiger partial charge is 0.299 e. The molecule has 1 aromatic rings. The predicted molar refractivity (Wildman–Crippen MR) is 142 cm³/mol. The number of hydrogen-bond donors (Lipinski definition) is 0. The van der Waals surface area contributed by atoms with E-state index in [-0.39, 0.29) is 0 Å². The number of aliphatic imine (C=N–C) groups is 1. The smallest absolute Gasteiger partial charge is 0.137 e. The van der Waals surface area contributed by atoms with Crippen LogP contribution in [0.1, 0.15) is 107 Å². The molecule has 1 heterocycles. The number of Topliss-reactive ketones (excluding diaryl/α,β-unsaturated/α-hetero) is 1. The van der Waals surface area contributed by atoms with Crippen molar-refractivity contribution in [3.8, 4) is 0 Å². The normalized spacial score (nSPS) is 25.2. The fourth-order valence-electron chi connectivity index (χ4n) is 6.81. The summed E-state index contributed by atoms with van der Waals surface area (Å²) in [6.07, 6.45) is 26.6. The van der Waals surface area contributed by atoms with Crippen LogP contribution in [0.5, 0.6) is 0 Å². The molecule has 0 saturated heterocycles. The van der Waals surface area contributed by atoms with E-state index in [4.69, 9.17) is 4.99 Å². The Kier molecular flexibility index (Phi) is 7.94. The van der Waals surface area contributed by atoms with Crippen molar-refractivity contribution in [2.45, 2.75) is 102 Å². The Balaban J connectivity index is 1.18. The van der Waals surface area contributed by atoms with Crippen molar-refractivity contribution in [2.75, 3.05) is 0 Å². The van der Waals surface area contributed by atoms with Gasteiger partial charge in [-0.15, -0.1) is 0 Å². The molecule has 0 radical (unpaired) electrons. The van der Waals surface area contributed by atoms with Crippen molar-refractivity contribution in [2.24, 2.45) is 16.8 Å². The van der Waals surface area contributed by atoms with Gasteiger partial charge >= 0.3 is 0 Å². The molecule has 2 unspecified atom stereocenters. The number of nitrogens with zero attached hydrogens (tertiary/aromatic N) is 1. The second-order valence-electron chi connectivity index (χ2n) is 11.1. The van der Waals surface area contributed by atoms with Crippen LogP contribution in [0.25, 0.3) is 0 Å². The number of hydrogen-bond acceptors (Lipinski definition) is 2. The van der Waals surface area contributed by atoms with Gasteiger partial charge < -0.3 is 0 Å². The topological polar surface area (TPSA) is 29.4 Å². The summed E-state index contributed by atoms with van der Waals surface area (Å²) < 4.78 is 0. The van der Waals surface area contributed by atoms with E-state index in [2.05, 4.69) is 42.5 Å². The van der Waals surface area contributed by atoms with Crippen molar-refractivity contribution in [3.05, 3.63) is 71.0 Å². The molecule has 5 rings (SSSR count). The summed E-state index contributed by atoms with van der Waals surface area (Å²) in [6, 6.07) is 8.96. The van der Waals surface area contributed by atoms with Crippen LogP contribution in [0.2, 0.25) is 0 Å². The zero-order valence-electron chi connectivity index (χ0n) is 20.8. The lowest BCUT2D eigenvalue weighted by molar-refractivity contribution is -0.118. The summed E-state index contributed by atoms with van der Waals surface area (Å²) in [5.74, 6) is 2.41. The fraction of sp³-hybridized carbons (Fsp3) is 0.562.